The highest BCUT2D eigenvalue weighted by Gasteiger charge is 2.35. The largest absolute Gasteiger partial charge is 0.338 e. The van der Waals surface area contributed by atoms with Gasteiger partial charge < -0.3 is 10.6 Å². The van der Waals surface area contributed by atoms with E-state index in [1.165, 1.54) is 11.3 Å². The van der Waals surface area contributed by atoms with Gasteiger partial charge in [0.25, 0.3) is 5.91 Å². The van der Waals surface area contributed by atoms with E-state index in [9.17, 15) is 4.79 Å². The highest BCUT2D eigenvalue weighted by molar-refractivity contribution is 7.22. The van der Waals surface area contributed by atoms with Crippen LogP contribution in [0.1, 0.15) is 10.4 Å². The monoisotopic (exact) mass is 399 g/mol. The van der Waals surface area contributed by atoms with Gasteiger partial charge in [-0.2, -0.15) is 0 Å². The summed E-state index contributed by atoms with van der Waals surface area (Å²) in [5.41, 5.74) is 1.31. The molecule has 0 spiro atoms. The molecule has 0 aliphatic rings. The molecule has 1 aromatic heterocycles. The first kappa shape index (κ1) is 17.3. The van der Waals surface area contributed by atoms with Crippen LogP contribution >= 0.6 is 46.1 Å². The molecule has 0 radical (unpaired) electrons. The number of benzene rings is 2. The van der Waals surface area contributed by atoms with E-state index in [2.05, 4.69) is 15.6 Å². The minimum absolute atomic E-state index is 0.347. The molecule has 3 rings (SSSR count). The summed E-state index contributed by atoms with van der Waals surface area (Å²) in [6, 6.07) is 16.4. The molecule has 1 atom stereocenters. The lowest BCUT2D eigenvalue weighted by Crippen LogP contribution is -2.49. The quantitative estimate of drug-likeness (QED) is 0.487. The molecule has 0 bridgehead atoms. The Balaban J connectivity index is 1.80. The predicted octanol–water partition coefficient (Wildman–Crippen LogP) is 4.83. The average Bonchev–Trinajstić information content (AvgIpc) is 2.96. The Morgan fingerprint density at radius 3 is 2.38 bits per heavy atom. The van der Waals surface area contributed by atoms with Crippen LogP contribution in [0.15, 0.2) is 54.6 Å². The molecule has 0 aliphatic heterocycles. The Morgan fingerprint density at radius 1 is 1.04 bits per heavy atom. The second kappa shape index (κ2) is 7.15. The van der Waals surface area contributed by atoms with E-state index in [0.717, 1.165) is 10.2 Å². The van der Waals surface area contributed by atoms with Crippen molar-refractivity contribution in [2.45, 2.75) is 9.96 Å². The fraction of sp³-hybridized carbons (Fsp3) is 0.125. The lowest BCUT2D eigenvalue weighted by Gasteiger charge is -2.26. The van der Waals surface area contributed by atoms with Gasteiger partial charge in [-0.05, 0) is 24.3 Å². The molecular formula is C16H12Cl3N3OS. The molecule has 8 heteroatoms. The number of hydrogen-bond donors (Lipinski definition) is 2. The van der Waals surface area contributed by atoms with E-state index in [-0.39, 0.29) is 5.91 Å². The van der Waals surface area contributed by atoms with Crippen LogP contribution < -0.4 is 10.6 Å². The van der Waals surface area contributed by atoms with Crippen molar-refractivity contribution in [3.8, 4) is 0 Å². The number of carbonyl (C=O) groups excluding carboxylic acids is 1. The van der Waals surface area contributed by atoms with E-state index in [0.29, 0.717) is 10.7 Å². The van der Waals surface area contributed by atoms with E-state index in [1.807, 2.05) is 30.3 Å². The van der Waals surface area contributed by atoms with Gasteiger partial charge in [0.2, 0.25) is 3.79 Å². The number of thiazole rings is 1. The van der Waals surface area contributed by atoms with Crippen LogP contribution in [0.25, 0.3) is 10.2 Å². The van der Waals surface area contributed by atoms with Crippen LogP contribution in [0, 0.1) is 0 Å². The molecule has 0 aliphatic carbocycles. The van der Waals surface area contributed by atoms with Gasteiger partial charge in [0.1, 0.15) is 6.17 Å². The number of aromatic nitrogens is 1. The molecule has 2 N–H and O–H groups in total. The van der Waals surface area contributed by atoms with E-state index in [1.54, 1.807) is 24.3 Å². The molecule has 1 unspecified atom stereocenters. The second-order valence-corrected chi connectivity index (χ2v) is 8.34. The van der Waals surface area contributed by atoms with Crippen LogP contribution in [-0.2, 0) is 0 Å². The van der Waals surface area contributed by atoms with E-state index < -0.39 is 9.96 Å². The SMILES string of the molecule is O=C(NC(Nc1nc2ccccc2s1)C(Cl)(Cl)Cl)c1ccccc1. The van der Waals surface area contributed by atoms with Crippen molar-refractivity contribution in [1.29, 1.82) is 0 Å². The van der Waals surface area contributed by atoms with Gasteiger partial charge in [0.05, 0.1) is 10.2 Å². The fourth-order valence-corrected chi connectivity index (χ4v) is 3.28. The number of halogens is 3. The zero-order chi connectivity index (χ0) is 17.2. The van der Waals surface area contributed by atoms with Gasteiger partial charge in [-0.15, -0.1) is 0 Å². The van der Waals surface area contributed by atoms with Crippen molar-refractivity contribution in [2.75, 3.05) is 5.32 Å². The number of rotatable bonds is 4. The zero-order valence-corrected chi connectivity index (χ0v) is 15.3. The predicted molar refractivity (Wildman–Crippen MR) is 101 cm³/mol. The van der Waals surface area contributed by atoms with Crippen molar-refractivity contribution in [3.63, 3.8) is 0 Å². The maximum atomic E-state index is 12.3. The molecule has 3 aromatic rings. The minimum Gasteiger partial charge on any atom is -0.338 e. The average molecular weight is 401 g/mol. The smallest absolute Gasteiger partial charge is 0.252 e. The molecule has 0 saturated carbocycles. The maximum Gasteiger partial charge on any atom is 0.252 e. The number of anilines is 1. The molecular weight excluding hydrogens is 389 g/mol. The number of carbonyl (C=O) groups is 1. The molecule has 1 amide bonds. The van der Waals surface area contributed by atoms with Crippen molar-refractivity contribution >= 4 is 67.4 Å². The third kappa shape index (κ3) is 4.11. The highest BCUT2D eigenvalue weighted by Crippen LogP contribution is 2.33. The van der Waals surface area contributed by atoms with Crippen molar-refractivity contribution in [3.05, 3.63) is 60.2 Å². The summed E-state index contributed by atoms with van der Waals surface area (Å²) in [5, 5.41) is 6.23. The number of amides is 1. The topological polar surface area (TPSA) is 54.0 Å². The zero-order valence-electron chi connectivity index (χ0n) is 12.2. The molecule has 0 saturated heterocycles. The first-order valence-corrected chi connectivity index (χ1v) is 8.93. The fourth-order valence-electron chi connectivity index (χ4n) is 2.06. The normalized spacial score (nSPS) is 12.8. The highest BCUT2D eigenvalue weighted by atomic mass is 35.6. The van der Waals surface area contributed by atoms with Gasteiger partial charge >= 0.3 is 0 Å². The van der Waals surface area contributed by atoms with Gasteiger partial charge in [-0.3, -0.25) is 4.79 Å². The number of para-hydroxylation sites is 1. The number of alkyl halides is 3. The summed E-state index contributed by atoms with van der Waals surface area (Å²) in [4.78, 5) is 16.7. The lowest BCUT2D eigenvalue weighted by atomic mass is 10.2. The first-order valence-electron chi connectivity index (χ1n) is 6.98. The van der Waals surface area contributed by atoms with Gasteiger partial charge in [-0.25, -0.2) is 4.98 Å². The molecule has 0 fully saturated rings. The van der Waals surface area contributed by atoms with Crippen molar-refractivity contribution in [2.24, 2.45) is 0 Å². The first-order chi connectivity index (χ1) is 11.4. The van der Waals surface area contributed by atoms with Crippen LogP contribution in [-0.4, -0.2) is 20.8 Å². The summed E-state index contributed by atoms with van der Waals surface area (Å²) >= 11 is 19.4. The number of fused-ring (bicyclic) bond motifs is 1. The van der Waals surface area contributed by atoms with Crippen molar-refractivity contribution < 1.29 is 4.79 Å². The van der Waals surface area contributed by atoms with E-state index in [4.69, 9.17) is 34.8 Å². The Hall–Kier alpha value is -1.53. The molecule has 1 heterocycles. The standard InChI is InChI=1S/C16H12Cl3N3OS/c17-16(18,19)14(21-13(23)10-6-2-1-3-7-10)22-15-20-11-8-4-5-9-12(11)24-15/h1-9,14H,(H,20,22)(H,21,23). The molecule has 124 valence electrons. The van der Waals surface area contributed by atoms with Gasteiger partial charge in [0.15, 0.2) is 5.13 Å². The number of nitrogens with zero attached hydrogens (tertiary/aromatic N) is 1. The molecule has 2 aromatic carbocycles. The Bertz CT molecular complexity index is 815. The van der Waals surface area contributed by atoms with Crippen LogP contribution in [0.5, 0.6) is 0 Å². The second-order valence-electron chi connectivity index (χ2n) is 4.95. The van der Waals surface area contributed by atoms with Crippen LogP contribution in [0.3, 0.4) is 0 Å². The molecule has 4 nitrogen and oxygen atoms in total. The van der Waals surface area contributed by atoms with Crippen LogP contribution in [0.4, 0.5) is 5.13 Å². The van der Waals surface area contributed by atoms with Gasteiger partial charge in [-0.1, -0.05) is 76.5 Å². The number of hydrogen-bond acceptors (Lipinski definition) is 4. The van der Waals surface area contributed by atoms with E-state index >= 15 is 0 Å². The summed E-state index contributed by atoms with van der Waals surface area (Å²) in [6.07, 6.45) is -0.934. The van der Waals surface area contributed by atoms with Crippen LogP contribution in [0.2, 0.25) is 0 Å². The van der Waals surface area contributed by atoms with Gasteiger partial charge in [0, 0.05) is 5.56 Å². The Labute approximate surface area is 157 Å². The summed E-state index contributed by atoms with van der Waals surface area (Å²) in [6.45, 7) is 0. The Morgan fingerprint density at radius 2 is 1.71 bits per heavy atom. The third-order valence-electron chi connectivity index (χ3n) is 3.20. The summed E-state index contributed by atoms with van der Waals surface area (Å²) in [7, 11) is 0. The van der Waals surface area contributed by atoms with Crippen molar-refractivity contribution in [1.82, 2.24) is 10.3 Å². The Kier molecular flexibility index (Phi) is 5.15. The summed E-state index contributed by atoms with van der Waals surface area (Å²) in [5.74, 6) is -0.347. The third-order valence-corrected chi connectivity index (χ3v) is 4.82. The number of nitrogens with one attached hydrogen (secondary N) is 2. The summed E-state index contributed by atoms with van der Waals surface area (Å²) < 4.78 is -0.750. The lowest BCUT2D eigenvalue weighted by molar-refractivity contribution is 0.0942. The minimum atomic E-state index is -1.75. The molecule has 24 heavy (non-hydrogen) atoms. The maximum absolute atomic E-state index is 12.3.